The third-order valence-electron chi connectivity index (χ3n) is 2.56. The largest absolute Gasteiger partial charge is 0.370 e. The molecule has 1 amide bonds. The highest BCUT2D eigenvalue weighted by atomic mass is 35.5. The van der Waals surface area contributed by atoms with E-state index in [9.17, 15) is 4.79 Å². The van der Waals surface area contributed by atoms with Crippen molar-refractivity contribution in [1.82, 2.24) is 5.32 Å². The second-order valence-electron chi connectivity index (χ2n) is 4.03. The van der Waals surface area contributed by atoms with Crippen LogP contribution >= 0.6 is 11.6 Å². The van der Waals surface area contributed by atoms with Crippen LogP contribution in [0.1, 0.15) is 12.5 Å². The van der Waals surface area contributed by atoms with Gasteiger partial charge in [-0.1, -0.05) is 23.7 Å². The smallest absolute Gasteiger partial charge is 0.254 e. The summed E-state index contributed by atoms with van der Waals surface area (Å²) >= 11 is 5.79. The van der Waals surface area contributed by atoms with Gasteiger partial charge in [-0.25, -0.2) is 4.99 Å². The number of nitrogens with zero attached hydrogens (tertiary/aromatic N) is 1. The van der Waals surface area contributed by atoms with Gasteiger partial charge in [0.25, 0.3) is 5.91 Å². The number of carbonyl (C=O) groups excluding carboxylic acids is 1. The van der Waals surface area contributed by atoms with E-state index in [1.165, 1.54) is 0 Å². The Balaban J connectivity index is 2.21. The van der Waals surface area contributed by atoms with Crippen molar-refractivity contribution in [1.29, 1.82) is 0 Å². The Kier molecular flexibility index (Phi) is 2.59. The molecule has 1 aliphatic rings. The topological polar surface area (TPSA) is 67.5 Å². The summed E-state index contributed by atoms with van der Waals surface area (Å²) in [5, 5.41) is 3.18. The van der Waals surface area contributed by atoms with Gasteiger partial charge in [-0.15, -0.1) is 0 Å². The average molecular weight is 238 g/mol. The predicted molar refractivity (Wildman–Crippen MR) is 63.3 cm³/mol. The van der Waals surface area contributed by atoms with Gasteiger partial charge in [0.1, 0.15) is 5.54 Å². The summed E-state index contributed by atoms with van der Waals surface area (Å²) in [6.07, 6.45) is 0.511. The maximum Gasteiger partial charge on any atom is 0.254 e. The lowest BCUT2D eigenvalue weighted by Crippen LogP contribution is -2.40. The van der Waals surface area contributed by atoms with E-state index < -0.39 is 5.54 Å². The molecule has 0 saturated carbocycles. The molecule has 2 rings (SSSR count). The fraction of sp³-hybridized carbons (Fsp3) is 0.273. The molecule has 0 aromatic heterocycles. The molecule has 1 aromatic rings. The summed E-state index contributed by atoms with van der Waals surface area (Å²) in [7, 11) is 0. The fourth-order valence-corrected chi connectivity index (χ4v) is 1.84. The van der Waals surface area contributed by atoms with E-state index in [0.717, 1.165) is 5.56 Å². The van der Waals surface area contributed by atoms with Crippen LogP contribution in [0, 0.1) is 0 Å². The predicted octanol–water partition coefficient (Wildman–Crippen LogP) is 1.09. The second-order valence-corrected chi connectivity index (χ2v) is 4.46. The standard InChI is InChI=1S/C11H12ClN3O/c1-11(9(16)14-10(13)15-11)6-7-2-4-8(12)5-3-7/h2-5H,6H2,1H3,(H3,13,14,15,16). The number of benzene rings is 1. The lowest BCUT2D eigenvalue weighted by molar-refractivity contribution is -0.123. The first kappa shape index (κ1) is 11.0. The van der Waals surface area contributed by atoms with Gasteiger partial charge in [0.05, 0.1) is 0 Å². The fourth-order valence-electron chi connectivity index (χ4n) is 1.72. The van der Waals surface area contributed by atoms with Crippen LogP contribution in [0.15, 0.2) is 29.3 Å². The van der Waals surface area contributed by atoms with Crippen LogP contribution in [0.3, 0.4) is 0 Å². The number of carbonyl (C=O) groups is 1. The molecule has 5 heteroatoms. The molecule has 4 nitrogen and oxygen atoms in total. The van der Waals surface area contributed by atoms with Gasteiger partial charge in [-0.05, 0) is 24.6 Å². The first-order valence-electron chi connectivity index (χ1n) is 4.91. The number of aliphatic imine (C=N–C) groups is 1. The van der Waals surface area contributed by atoms with Crippen molar-refractivity contribution < 1.29 is 4.79 Å². The summed E-state index contributed by atoms with van der Waals surface area (Å²) < 4.78 is 0. The molecule has 1 aromatic carbocycles. The zero-order valence-electron chi connectivity index (χ0n) is 8.83. The number of nitrogens with two attached hydrogens (primary N) is 1. The van der Waals surface area contributed by atoms with E-state index in [2.05, 4.69) is 10.3 Å². The van der Waals surface area contributed by atoms with Crippen LogP contribution in [0.4, 0.5) is 0 Å². The Morgan fingerprint density at radius 1 is 1.44 bits per heavy atom. The van der Waals surface area contributed by atoms with Gasteiger partial charge >= 0.3 is 0 Å². The van der Waals surface area contributed by atoms with Gasteiger partial charge < -0.3 is 5.73 Å². The molecule has 1 unspecified atom stereocenters. The van der Waals surface area contributed by atoms with Crippen molar-refractivity contribution >= 4 is 23.5 Å². The minimum absolute atomic E-state index is 0.167. The monoisotopic (exact) mass is 237 g/mol. The average Bonchev–Trinajstić information content (AvgIpc) is 2.44. The first-order chi connectivity index (χ1) is 7.49. The molecule has 0 radical (unpaired) electrons. The summed E-state index contributed by atoms with van der Waals surface area (Å²) in [5.74, 6) is 0.0152. The molecule has 0 bridgehead atoms. The molecule has 84 valence electrons. The molecule has 1 heterocycles. The van der Waals surface area contributed by atoms with Crippen LogP contribution in [-0.4, -0.2) is 17.4 Å². The zero-order valence-corrected chi connectivity index (χ0v) is 9.58. The third kappa shape index (κ3) is 2.02. The Labute approximate surface area is 98.5 Å². The highest BCUT2D eigenvalue weighted by Gasteiger charge is 2.38. The van der Waals surface area contributed by atoms with E-state index in [-0.39, 0.29) is 11.9 Å². The number of amides is 1. The normalized spacial score (nSPS) is 24.1. The van der Waals surface area contributed by atoms with Crippen LogP contribution < -0.4 is 11.1 Å². The summed E-state index contributed by atoms with van der Waals surface area (Å²) in [4.78, 5) is 15.8. The molecule has 3 N–H and O–H groups in total. The Morgan fingerprint density at radius 2 is 2.06 bits per heavy atom. The molecule has 0 fully saturated rings. The molecule has 16 heavy (non-hydrogen) atoms. The van der Waals surface area contributed by atoms with Crippen molar-refractivity contribution in [2.24, 2.45) is 10.7 Å². The number of guanidine groups is 1. The summed E-state index contributed by atoms with van der Waals surface area (Å²) in [5.41, 5.74) is 5.67. The maximum absolute atomic E-state index is 11.6. The number of rotatable bonds is 2. The molecule has 1 atom stereocenters. The highest BCUT2D eigenvalue weighted by Crippen LogP contribution is 2.22. The first-order valence-corrected chi connectivity index (χ1v) is 5.29. The lowest BCUT2D eigenvalue weighted by atomic mass is 9.93. The second kappa shape index (κ2) is 3.79. The van der Waals surface area contributed by atoms with Crippen molar-refractivity contribution in [3.05, 3.63) is 34.9 Å². The van der Waals surface area contributed by atoms with E-state index in [4.69, 9.17) is 17.3 Å². The number of nitrogens with one attached hydrogen (secondary N) is 1. The van der Waals surface area contributed by atoms with Gasteiger partial charge in [0, 0.05) is 11.4 Å². The quantitative estimate of drug-likeness (QED) is 0.809. The minimum atomic E-state index is -0.808. The van der Waals surface area contributed by atoms with E-state index in [0.29, 0.717) is 11.4 Å². The minimum Gasteiger partial charge on any atom is -0.370 e. The zero-order chi connectivity index (χ0) is 11.8. The summed E-state index contributed by atoms with van der Waals surface area (Å²) in [6.45, 7) is 1.76. The van der Waals surface area contributed by atoms with Crippen molar-refractivity contribution in [2.75, 3.05) is 0 Å². The van der Waals surface area contributed by atoms with Crippen molar-refractivity contribution in [2.45, 2.75) is 18.9 Å². The Bertz CT molecular complexity index is 455. The third-order valence-corrected chi connectivity index (χ3v) is 2.81. The maximum atomic E-state index is 11.6. The SMILES string of the molecule is CC1(Cc2ccc(Cl)cc2)N=C(N)NC1=O. The van der Waals surface area contributed by atoms with Crippen LogP contribution in [0.25, 0.3) is 0 Å². The number of hydrogen-bond acceptors (Lipinski definition) is 3. The van der Waals surface area contributed by atoms with E-state index >= 15 is 0 Å². The molecule has 1 aliphatic heterocycles. The van der Waals surface area contributed by atoms with E-state index in [1.807, 2.05) is 12.1 Å². The molecule has 0 saturated heterocycles. The van der Waals surface area contributed by atoms with Crippen LogP contribution in [-0.2, 0) is 11.2 Å². The molecule has 0 aliphatic carbocycles. The van der Waals surface area contributed by atoms with Crippen molar-refractivity contribution in [3.63, 3.8) is 0 Å². The van der Waals surface area contributed by atoms with Gasteiger partial charge in [0.2, 0.25) is 0 Å². The van der Waals surface area contributed by atoms with E-state index in [1.54, 1.807) is 19.1 Å². The van der Waals surface area contributed by atoms with Crippen molar-refractivity contribution in [3.8, 4) is 0 Å². The van der Waals surface area contributed by atoms with Gasteiger partial charge in [-0.2, -0.15) is 0 Å². The number of halogens is 1. The summed E-state index contributed by atoms with van der Waals surface area (Å²) in [6, 6.07) is 7.34. The lowest BCUT2D eigenvalue weighted by Gasteiger charge is -2.17. The molecular formula is C11H12ClN3O. The van der Waals surface area contributed by atoms with Crippen LogP contribution in [0.2, 0.25) is 5.02 Å². The Hall–Kier alpha value is -1.55. The molecular weight excluding hydrogens is 226 g/mol. The Morgan fingerprint density at radius 3 is 2.56 bits per heavy atom. The molecule has 0 spiro atoms. The highest BCUT2D eigenvalue weighted by molar-refractivity contribution is 6.30. The van der Waals surface area contributed by atoms with Gasteiger partial charge in [0.15, 0.2) is 5.96 Å². The van der Waals surface area contributed by atoms with Gasteiger partial charge in [-0.3, -0.25) is 10.1 Å². The number of hydrogen-bond donors (Lipinski definition) is 2. The van der Waals surface area contributed by atoms with Crippen LogP contribution in [0.5, 0.6) is 0 Å².